The zero-order valence-corrected chi connectivity index (χ0v) is 21.8. The number of aryl methyl sites for hydroxylation is 2. The lowest BCUT2D eigenvalue weighted by molar-refractivity contribution is 0.0939. The van der Waals surface area contributed by atoms with Gasteiger partial charge in [0.25, 0.3) is 11.5 Å². The van der Waals surface area contributed by atoms with Gasteiger partial charge in [-0.3, -0.25) is 18.8 Å². The molecule has 1 amide bonds. The van der Waals surface area contributed by atoms with Gasteiger partial charge in [-0.05, 0) is 61.5 Å². The molecule has 0 aliphatic heterocycles. The highest BCUT2D eigenvalue weighted by Crippen LogP contribution is 2.24. The van der Waals surface area contributed by atoms with Crippen LogP contribution in [0, 0.1) is 18.8 Å². The van der Waals surface area contributed by atoms with Crippen molar-refractivity contribution in [3.05, 3.63) is 124 Å². The van der Waals surface area contributed by atoms with Gasteiger partial charge in [-0.25, -0.2) is 9.50 Å². The fourth-order valence-electron chi connectivity index (χ4n) is 4.61. The van der Waals surface area contributed by atoms with Gasteiger partial charge < -0.3 is 5.32 Å². The van der Waals surface area contributed by atoms with Crippen molar-refractivity contribution >= 4 is 22.3 Å². The minimum absolute atomic E-state index is 0.178. The molecule has 2 aromatic carbocycles. The van der Waals surface area contributed by atoms with Crippen LogP contribution >= 0.6 is 0 Å². The summed E-state index contributed by atoms with van der Waals surface area (Å²) < 4.78 is 46.1. The van der Waals surface area contributed by atoms with Crippen molar-refractivity contribution in [2.45, 2.75) is 19.9 Å². The molecule has 0 spiro atoms. The summed E-state index contributed by atoms with van der Waals surface area (Å²) in [6, 6.07) is 6.37. The molecule has 1 atom stereocenters. The van der Waals surface area contributed by atoms with Crippen LogP contribution in [0.5, 0.6) is 0 Å². The van der Waals surface area contributed by atoms with Gasteiger partial charge in [0, 0.05) is 42.6 Å². The third-order valence-electron chi connectivity index (χ3n) is 6.41. The van der Waals surface area contributed by atoms with Crippen molar-refractivity contribution in [3.63, 3.8) is 0 Å². The minimum Gasteiger partial charge on any atom is -0.344 e. The fraction of sp³-hybridized carbons (Fsp3) is 0.129. The Hall–Kier alpha value is -5.49. The van der Waals surface area contributed by atoms with E-state index in [0.717, 1.165) is 4.57 Å². The third kappa shape index (κ3) is 4.41. The number of rotatable bonds is 4. The molecule has 0 radical (unpaired) electrons. The minimum atomic E-state index is -0.881. The number of para-hydroxylation sites is 1. The molecule has 196 valence electrons. The molecular formula is C31H25N7O2. The molecule has 40 heavy (non-hydrogen) atoms. The van der Waals surface area contributed by atoms with Crippen LogP contribution in [0.4, 0.5) is 0 Å². The zero-order valence-electron chi connectivity index (χ0n) is 26.8. The van der Waals surface area contributed by atoms with Gasteiger partial charge >= 0.3 is 0 Å². The molecule has 0 bridgehead atoms. The molecule has 0 unspecified atom stereocenters. The molecule has 6 rings (SSSR count). The smallest absolute Gasteiger partial charge is 0.264 e. The van der Waals surface area contributed by atoms with Crippen molar-refractivity contribution in [3.8, 4) is 17.5 Å². The van der Waals surface area contributed by atoms with Gasteiger partial charge in [-0.1, -0.05) is 36.2 Å². The fourth-order valence-corrected chi connectivity index (χ4v) is 4.61. The summed E-state index contributed by atoms with van der Waals surface area (Å²) in [6.07, 6.45) is 4.96. The Morgan fingerprint density at radius 1 is 1.07 bits per heavy atom. The molecule has 0 fully saturated rings. The summed E-state index contributed by atoms with van der Waals surface area (Å²) in [7, 11) is 1.76. The first-order valence-corrected chi connectivity index (χ1v) is 12.4. The first-order valence-electron chi connectivity index (χ1n) is 14.9. The molecule has 0 aliphatic rings. The Bertz CT molecular complexity index is 2280. The quantitative estimate of drug-likeness (QED) is 0.347. The largest absolute Gasteiger partial charge is 0.344 e. The number of carbonyl (C=O) groups excluding carboxylic acids is 1. The number of nitrogens with one attached hydrogen (secondary N) is 1. The van der Waals surface area contributed by atoms with Crippen LogP contribution in [0.3, 0.4) is 0 Å². The van der Waals surface area contributed by atoms with Crippen LogP contribution in [0.25, 0.3) is 22.1 Å². The number of fused-ring (bicyclic) bond motifs is 2. The second kappa shape index (κ2) is 10.0. The first kappa shape index (κ1) is 19.6. The molecule has 9 heteroatoms. The van der Waals surface area contributed by atoms with Crippen molar-refractivity contribution in [1.29, 1.82) is 0 Å². The number of hydrogen-bond acceptors (Lipinski definition) is 5. The van der Waals surface area contributed by atoms with Gasteiger partial charge in [-0.2, -0.15) is 10.2 Å². The standard InChI is InChI=1S/C31H25N7O2/c1-20(33-30(39)27-21(2)34-37-17-8-16-32-29(27)37)26-19-23-10-7-9-22(13-14-24-15-18-36(3)35-24)28(23)31(40)38(26)25-11-5-4-6-12-25/h4-12,15-20H,1-3H3,(H,33,39)/t20-/m1/s1/i4D,5D,6D,11D,12D. The Labute approximate surface area is 236 Å². The van der Waals surface area contributed by atoms with Gasteiger partial charge in [0.1, 0.15) is 11.3 Å². The zero-order chi connectivity index (χ0) is 32.2. The van der Waals surface area contributed by atoms with E-state index in [0.29, 0.717) is 28.0 Å². The van der Waals surface area contributed by atoms with Crippen molar-refractivity contribution in [2.24, 2.45) is 7.05 Å². The van der Waals surface area contributed by atoms with Gasteiger partial charge in [0.2, 0.25) is 0 Å². The number of amides is 1. The summed E-state index contributed by atoms with van der Waals surface area (Å²) in [5.41, 5.74) is 1.07. The highest BCUT2D eigenvalue weighted by atomic mass is 16.2. The molecule has 4 heterocycles. The van der Waals surface area contributed by atoms with Crippen LogP contribution in [-0.4, -0.2) is 34.9 Å². The van der Waals surface area contributed by atoms with Crippen LogP contribution < -0.4 is 10.9 Å². The number of benzene rings is 2. The van der Waals surface area contributed by atoms with Crippen LogP contribution in [0.1, 0.15) is 52.8 Å². The highest BCUT2D eigenvalue weighted by molar-refractivity contribution is 6.01. The molecule has 6 aromatic rings. The van der Waals surface area contributed by atoms with E-state index in [2.05, 4.69) is 32.3 Å². The Kier molecular flexibility index (Phi) is 4.89. The monoisotopic (exact) mass is 532 g/mol. The predicted molar refractivity (Wildman–Crippen MR) is 152 cm³/mol. The lowest BCUT2D eigenvalue weighted by Gasteiger charge is -2.21. The van der Waals surface area contributed by atoms with E-state index in [1.165, 1.54) is 4.52 Å². The number of aromatic nitrogens is 6. The molecule has 0 saturated carbocycles. The van der Waals surface area contributed by atoms with Crippen molar-refractivity contribution in [2.75, 3.05) is 0 Å². The lowest BCUT2D eigenvalue weighted by Crippen LogP contribution is -2.32. The number of pyridine rings is 1. The first-order chi connectivity index (χ1) is 21.5. The maximum atomic E-state index is 14.4. The van der Waals surface area contributed by atoms with E-state index in [-0.39, 0.29) is 22.3 Å². The van der Waals surface area contributed by atoms with Crippen molar-refractivity contribution < 1.29 is 11.6 Å². The summed E-state index contributed by atoms with van der Waals surface area (Å²) in [6.45, 7) is 3.32. The van der Waals surface area contributed by atoms with Gasteiger partial charge in [-0.15, -0.1) is 0 Å². The van der Waals surface area contributed by atoms with E-state index >= 15 is 0 Å². The molecule has 0 aliphatic carbocycles. The van der Waals surface area contributed by atoms with Crippen molar-refractivity contribution in [1.82, 2.24) is 34.3 Å². The molecule has 4 aromatic heterocycles. The molecular weight excluding hydrogens is 502 g/mol. The average molecular weight is 533 g/mol. The lowest BCUT2D eigenvalue weighted by atomic mass is 10.0. The third-order valence-corrected chi connectivity index (χ3v) is 6.41. The van der Waals surface area contributed by atoms with E-state index in [4.69, 9.17) is 6.85 Å². The SMILES string of the molecule is [2H]c1c([2H])c([2H])c(-n2c([C@@H](C)NC(=O)c3c(C)nn4cccnc34)cc3cccc(C#Cc4ccn(C)n4)c3c2=O)c([2H])c1[2H]. The molecule has 0 saturated heterocycles. The predicted octanol–water partition coefficient (Wildman–Crippen LogP) is 3.97. The maximum Gasteiger partial charge on any atom is 0.264 e. The maximum absolute atomic E-state index is 14.4. The topological polar surface area (TPSA) is 99.1 Å². The summed E-state index contributed by atoms with van der Waals surface area (Å²) in [5, 5.41) is 12.2. The summed E-state index contributed by atoms with van der Waals surface area (Å²) in [4.78, 5) is 32.3. The van der Waals surface area contributed by atoms with E-state index in [1.54, 1.807) is 80.6 Å². The number of hydrogen-bond donors (Lipinski definition) is 1. The van der Waals surface area contributed by atoms with Gasteiger partial charge in [0.05, 0.1) is 24.0 Å². The van der Waals surface area contributed by atoms with Crippen LogP contribution in [-0.2, 0) is 7.05 Å². The summed E-state index contributed by atoms with van der Waals surface area (Å²) >= 11 is 0. The second-order valence-electron chi connectivity index (χ2n) is 9.12. The molecule has 1 N–H and O–H groups in total. The Morgan fingerprint density at radius 3 is 2.67 bits per heavy atom. The van der Waals surface area contributed by atoms with E-state index in [9.17, 15) is 9.59 Å². The number of nitrogens with zero attached hydrogens (tertiary/aromatic N) is 6. The highest BCUT2D eigenvalue weighted by Gasteiger charge is 2.23. The van der Waals surface area contributed by atoms with Gasteiger partial charge in [0.15, 0.2) is 5.65 Å². The average Bonchev–Trinajstić information content (AvgIpc) is 3.60. The molecule has 9 nitrogen and oxygen atoms in total. The van der Waals surface area contributed by atoms with Crippen LogP contribution in [0.15, 0.2) is 90.0 Å². The van der Waals surface area contributed by atoms with Crippen LogP contribution in [0.2, 0.25) is 0 Å². The van der Waals surface area contributed by atoms with E-state index < -0.39 is 47.7 Å². The second-order valence-corrected chi connectivity index (χ2v) is 9.12. The summed E-state index contributed by atoms with van der Waals surface area (Å²) in [5.74, 6) is 5.44. The Morgan fingerprint density at radius 2 is 1.90 bits per heavy atom. The Balaban J connectivity index is 1.58. The number of carbonyl (C=O) groups is 1. The van der Waals surface area contributed by atoms with E-state index in [1.807, 2.05) is 0 Å². The normalized spacial score (nSPS) is 13.5.